The number of aliphatic hydroxyl groups excluding tert-OH is 2. The van der Waals surface area contributed by atoms with Crippen LogP contribution in [0.1, 0.15) is 252 Å². The van der Waals surface area contributed by atoms with Gasteiger partial charge in [0, 0.05) is 19.3 Å². The molecule has 0 amide bonds. The minimum atomic E-state index is -1.90. The van der Waals surface area contributed by atoms with Gasteiger partial charge in [-0.1, -0.05) is 198 Å². The van der Waals surface area contributed by atoms with E-state index >= 15 is 0 Å². The summed E-state index contributed by atoms with van der Waals surface area (Å²) in [6.07, 6.45) is 39.8. The van der Waals surface area contributed by atoms with Gasteiger partial charge in [-0.25, -0.2) is 4.79 Å². The number of carboxylic acid groups (broad SMARTS) is 1. The Labute approximate surface area is 419 Å². The van der Waals surface area contributed by atoms with Gasteiger partial charge in [0.2, 0.25) is 0 Å². The predicted molar refractivity (Wildman–Crippen MR) is 276 cm³/mol. The van der Waals surface area contributed by atoms with Gasteiger partial charge >= 0.3 is 23.9 Å². The monoisotopic (exact) mass is 977 g/mol. The Morgan fingerprint density at radius 3 is 1.39 bits per heavy atom. The lowest BCUT2D eigenvalue weighted by Crippen LogP contribution is -2.61. The van der Waals surface area contributed by atoms with Crippen molar-refractivity contribution >= 4 is 23.9 Å². The summed E-state index contributed by atoms with van der Waals surface area (Å²) >= 11 is 0. The molecule has 0 radical (unpaired) electrons. The van der Waals surface area contributed by atoms with Crippen LogP contribution in [0.3, 0.4) is 0 Å². The van der Waals surface area contributed by atoms with E-state index in [1.807, 2.05) is 0 Å². The second kappa shape index (κ2) is 46.0. The summed E-state index contributed by atoms with van der Waals surface area (Å²) in [6.45, 7) is 5.89. The number of rotatable bonds is 47. The van der Waals surface area contributed by atoms with Crippen LogP contribution in [0, 0.1) is 0 Å². The van der Waals surface area contributed by atoms with Crippen molar-refractivity contribution in [2.24, 2.45) is 0 Å². The zero-order valence-electron chi connectivity index (χ0n) is 43.8. The lowest BCUT2D eigenvalue weighted by Gasteiger charge is -2.40. The molecule has 0 aromatic rings. The fourth-order valence-electron chi connectivity index (χ4n) is 8.34. The average molecular weight is 977 g/mol. The maximum absolute atomic E-state index is 13.1. The van der Waals surface area contributed by atoms with E-state index in [1.165, 1.54) is 83.5 Å². The van der Waals surface area contributed by atoms with E-state index in [-0.39, 0.29) is 25.9 Å². The standard InChI is InChI=1S/C57H100O12/c1-4-7-10-13-16-19-22-25-28-31-34-37-40-43-49(58)65-46-48(67-50(59)44-41-38-35-32-29-26-23-20-17-14-11-8-5-2)47-66-57-55(53(62)52(61)54(69-57)56(63)64)68-51(60)45-42-39-36-33-30-27-24-21-18-15-12-9-6-3/h10,13,19,21-22,24,48,52-55,57,61-62H,4-9,11-12,14-18,20,23,25-47H2,1-3H3,(H,63,64)/b13-10-,22-19-,24-21-. The van der Waals surface area contributed by atoms with Crippen LogP contribution in [0.15, 0.2) is 36.5 Å². The minimum Gasteiger partial charge on any atom is -0.479 e. The maximum Gasteiger partial charge on any atom is 0.335 e. The second-order valence-corrected chi connectivity index (χ2v) is 19.2. The predicted octanol–water partition coefficient (Wildman–Crippen LogP) is 13.7. The summed E-state index contributed by atoms with van der Waals surface area (Å²) in [5, 5.41) is 31.4. The molecule has 0 spiro atoms. The van der Waals surface area contributed by atoms with Crippen molar-refractivity contribution in [1.82, 2.24) is 0 Å². The first-order chi connectivity index (χ1) is 33.6. The van der Waals surface area contributed by atoms with Gasteiger partial charge in [-0.3, -0.25) is 14.4 Å². The van der Waals surface area contributed by atoms with E-state index in [1.54, 1.807) is 0 Å². The molecule has 1 aliphatic heterocycles. The number of esters is 3. The largest absolute Gasteiger partial charge is 0.479 e. The van der Waals surface area contributed by atoms with E-state index in [2.05, 4.69) is 57.2 Å². The Morgan fingerprint density at radius 1 is 0.478 bits per heavy atom. The van der Waals surface area contributed by atoms with Crippen molar-refractivity contribution in [3.05, 3.63) is 36.5 Å². The molecule has 3 N–H and O–H groups in total. The maximum atomic E-state index is 13.1. The third-order valence-electron chi connectivity index (χ3n) is 12.7. The molecule has 69 heavy (non-hydrogen) atoms. The minimum absolute atomic E-state index is 0.0516. The van der Waals surface area contributed by atoms with Gasteiger partial charge in [0.1, 0.15) is 18.8 Å². The van der Waals surface area contributed by atoms with Crippen molar-refractivity contribution < 1.29 is 58.2 Å². The second-order valence-electron chi connectivity index (χ2n) is 19.2. The highest BCUT2D eigenvalue weighted by atomic mass is 16.7. The summed E-state index contributed by atoms with van der Waals surface area (Å²) in [5.41, 5.74) is 0. The highest BCUT2D eigenvalue weighted by Gasteiger charge is 2.50. The topological polar surface area (TPSA) is 175 Å². The van der Waals surface area contributed by atoms with Gasteiger partial charge in [0.25, 0.3) is 0 Å². The third-order valence-corrected chi connectivity index (χ3v) is 12.7. The lowest BCUT2D eigenvalue weighted by molar-refractivity contribution is -0.301. The van der Waals surface area contributed by atoms with E-state index in [9.17, 15) is 34.5 Å². The Morgan fingerprint density at radius 2 is 0.899 bits per heavy atom. The number of carbonyl (C=O) groups is 4. The van der Waals surface area contributed by atoms with Gasteiger partial charge in [-0.05, 0) is 70.6 Å². The van der Waals surface area contributed by atoms with Crippen LogP contribution in [-0.4, -0.2) is 89.2 Å². The summed E-state index contributed by atoms with van der Waals surface area (Å²) in [4.78, 5) is 50.9. The molecule has 0 saturated carbocycles. The summed E-state index contributed by atoms with van der Waals surface area (Å²) in [6, 6.07) is 0. The Kier molecular flexibility index (Phi) is 42.7. The Balaban J connectivity index is 2.72. The fourth-order valence-corrected chi connectivity index (χ4v) is 8.34. The molecule has 0 bridgehead atoms. The molecule has 0 aromatic heterocycles. The lowest BCUT2D eigenvalue weighted by atomic mass is 9.98. The smallest absolute Gasteiger partial charge is 0.335 e. The zero-order valence-corrected chi connectivity index (χ0v) is 43.8. The highest BCUT2D eigenvalue weighted by molar-refractivity contribution is 5.74. The van der Waals surface area contributed by atoms with Crippen LogP contribution < -0.4 is 0 Å². The number of allylic oxidation sites excluding steroid dienone is 6. The van der Waals surface area contributed by atoms with Crippen LogP contribution in [-0.2, 0) is 42.9 Å². The van der Waals surface area contributed by atoms with Gasteiger partial charge in [0.05, 0.1) is 6.61 Å². The molecule has 1 fully saturated rings. The van der Waals surface area contributed by atoms with Crippen LogP contribution in [0.5, 0.6) is 0 Å². The number of aliphatic carboxylic acids is 1. The molecule has 6 atom stereocenters. The van der Waals surface area contributed by atoms with Crippen molar-refractivity contribution in [2.75, 3.05) is 13.2 Å². The van der Waals surface area contributed by atoms with Crippen molar-refractivity contribution in [2.45, 2.75) is 289 Å². The normalized spacial score (nSPS) is 18.9. The van der Waals surface area contributed by atoms with Gasteiger partial charge in [-0.2, -0.15) is 0 Å². The van der Waals surface area contributed by atoms with Crippen LogP contribution in [0.4, 0.5) is 0 Å². The van der Waals surface area contributed by atoms with Crippen molar-refractivity contribution in [3.63, 3.8) is 0 Å². The van der Waals surface area contributed by atoms with E-state index < -0.39 is 67.3 Å². The molecule has 1 saturated heterocycles. The zero-order chi connectivity index (χ0) is 50.4. The highest BCUT2D eigenvalue weighted by Crippen LogP contribution is 2.26. The molecule has 1 aliphatic rings. The van der Waals surface area contributed by atoms with Gasteiger partial charge in [-0.15, -0.1) is 0 Å². The molecule has 0 aromatic carbocycles. The SMILES string of the molecule is CCC/C=C\C/C=C\CCCCCCCC(=O)OCC(COC1OC(C(=O)O)C(O)C(O)C1OC(=O)CCCCCCC/C=C\CCCCCC)OC(=O)CCCCCCCCCCCCCCC. The van der Waals surface area contributed by atoms with Gasteiger partial charge in [0.15, 0.2) is 24.6 Å². The molecule has 1 heterocycles. The molecule has 6 unspecified atom stereocenters. The molecule has 400 valence electrons. The summed E-state index contributed by atoms with van der Waals surface area (Å²) in [5.74, 6) is -3.13. The van der Waals surface area contributed by atoms with E-state index in [0.29, 0.717) is 19.3 Å². The summed E-state index contributed by atoms with van der Waals surface area (Å²) < 4.78 is 28.3. The molecular formula is C57H100O12. The van der Waals surface area contributed by atoms with Gasteiger partial charge < -0.3 is 39.0 Å². The Bertz CT molecular complexity index is 1350. The third kappa shape index (κ3) is 36.5. The van der Waals surface area contributed by atoms with Crippen LogP contribution in [0.25, 0.3) is 0 Å². The first-order valence-corrected chi connectivity index (χ1v) is 28.0. The molecule has 12 heteroatoms. The van der Waals surface area contributed by atoms with Crippen LogP contribution in [0.2, 0.25) is 0 Å². The first-order valence-electron chi connectivity index (χ1n) is 28.0. The number of carbonyl (C=O) groups excluding carboxylic acids is 3. The van der Waals surface area contributed by atoms with E-state index in [4.69, 9.17) is 23.7 Å². The van der Waals surface area contributed by atoms with E-state index in [0.717, 1.165) is 109 Å². The Hall–Kier alpha value is -3.06. The van der Waals surface area contributed by atoms with Crippen LogP contribution >= 0.6 is 0 Å². The average Bonchev–Trinajstić information content (AvgIpc) is 3.33. The number of unbranched alkanes of at least 4 members (excludes halogenated alkanes) is 27. The quantitative estimate of drug-likeness (QED) is 0.0228. The van der Waals surface area contributed by atoms with Crippen molar-refractivity contribution in [3.8, 4) is 0 Å². The van der Waals surface area contributed by atoms with Crippen molar-refractivity contribution in [1.29, 1.82) is 0 Å². The molecule has 1 rings (SSSR count). The summed E-state index contributed by atoms with van der Waals surface area (Å²) in [7, 11) is 0. The molecule has 0 aliphatic carbocycles. The molecular weight excluding hydrogens is 877 g/mol. The number of hydrogen-bond acceptors (Lipinski definition) is 11. The number of carboxylic acids is 1. The fraction of sp³-hybridized carbons (Fsp3) is 0.825. The first kappa shape index (κ1) is 64.0. The number of aliphatic hydroxyl groups is 2. The molecule has 12 nitrogen and oxygen atoms in total. The number of hydrogen-bond donors (Lipinski definition) is 3. The number of ether oxygens (including phenoxy) is 5.